The van der Waals surface area contributed by atoms with Crippen molar-refractivity contribution in [2.24, 2.45) is 5.73 Å². The number of nitrogens with two attached hydrogens (primary N) is 1. The van der Waals surface area contributed by atoms with Crippen LogP contribution in [-0.4, -0.2) is 63.2 Å². The minimum atomic E-state index is -4.84. The zero-order valence-electron chi connectivity index (χ0n) is 16.0. The number of hydrogen-bond donors (Lipinski definition) is 4. The number of benzene rings is 1. The van der Waals surface area contributed by atoms with Gasteiger partial charge in [0.05, 0.1) is 24.4 Å². The molecule has 0 aromatic heterocycles. The molecule has 172 valence electrons. The average molecular weight is 453 g/mol. The van der Waals surface area contributed by atoms with Crippen molar-refractivity contribution in [3.05, 3.63) is 23.8 Å². The summed E-state index contributed by atoms with van der Waals surface area (Å²) >= 11 is 0. The van der Waals surface area contributed by atoms with E-state index in [-0.39, 0.29) is 25.4 Å². The zero-order valence-corrected chi connectivity index (χ0v) is 16.0. The molecule has 14 heteroatoms. The van der Waals surface area contributed by atoms with E-state index in [1.165, 1.54) is 0 Å². The smallest absolute Gasteiger partial charge is 0.370 e. The first-order valence-corrected chi connectivity index (χ1v) is 8.95. The van der Waals surface area contributed by atoms with Crippen molar-refractivity contribution in [3.8, 4) is 0 Å². The maximum absolute atomic E-state index is 13.6. The van der Waals surface area contributed by atoms with Crippen molar-refractivity contribution in [2.75, 3.05) is 43.1 Å². The van der Waals surface area contributed by atoms with Crippen LogP contribution < -0.4 is 26.6 Å². The third-order valence-corrected chi connectivity index (χ3v) is 4.12. The van der Waals surface area contributed by atoms with Gasteiger partial charge in [-0.1, -0.05) is 0 Å². The number of rotatable bonds is 7. The number of anilines is 2. The second-order valence-corrected chi connectivity index (χ2v) is 6.35. The molecule has 0 bridgehead atoms. The van der Waals surface area contributed by atoms with Crippen LogP contribution in [0.4, 0.5) is 38.1 Å². The highest BCUT2D eigenvalue weighted by atomic mass is 19.4. The number of alkyl halides is 5. The fourth-order valence-electron chi connectivity index (χ4n) is 2.69. The number of morpholine rings is 1. The summed E-state index contributed by atoms with van der Waals surface area (Å²) in [5, 5.41) is 6.04. The molecule has 0 unspecified atom stereocenters. The number of hydrogen-bond acceptors (Lipinski definition) is 5. The first kappa shape index (κ1) is 24.3. The topological polar surface area (TPSA) is 126 Å². The lowest BCUT2D eigenvalue weighted by molar-refractivity contribution is -0.137. The number of ether oxygens (including phenoxy) is 1. The van der Waals surface area contributed by atoms with Gasteiger partial charge in [-0.15, -0.1) is 0 Å². The van der Waals surface area contributed by atoms with Crippen LogP contribution in [0.2, 0.25) is 0 Å². The van der Waals surface area contributed by atoms with Gasteiger partial charge in [0, 0.05) is 18.8 Å². The van der Waals surface area contributed by atoms with Gasteiger partial charge in [0.1, 0.15) is 12.6 Å². The summed E-state index contributed by atoms with van der Waals surface area (Å²) in [5.41, 5.74) is 3.56. The summed E-state index contributed by atoms with van der Waals surface area (Å²) in [5.74, 6) is -1.60. The molecule has 0 aliphatic carbocycles. The molecule has 1 aromatic rings. The highest BCUT2D eigenvalue weighted by molar-refractivity contribution is 5.99. The summed E-state index contributed by atoms with van der Waals surface area (Å²) in [6.07, 6.45) is -7.65. The lowest BCUT2D eigenvalue weighted by atomic mass is 10.1. The van der Waals surface area contributed by atoms with Crippen LogP contribution in [0.3, 0.4) is 0 Å². The van der Waals surface area contributed by atoms with Gasteiger partial charge < -0.3 is 31.3 Å². The van der Waals surface area contributed by atoms with Crippen LogP contribution in [0.5, 0.6) is 0 Å². The molecule has 9 nitrogen and oxygen atoms in total. The maximum Gasteiger partial charge on any atom is 0.418 e. The van der Waals surface area contributed by atoms with Gasteiger partial charge in [-0.05, 0) is 18.2 Å². The molecule has 31 heavy (non-hydrogen) atoms. The van der Waals surface area contributed by atoms with E-state index >= 15 is 0 Å². The number of carbonyl (C=O) groups excluding carboxylic acids is 3. The number of halogens is 5. The normalized spacial score (nSPS) is 15.6. The van der Waals surface area contributed by atoms with E-state index in [1.807, 2.05) is 10.6 Å². The van der Waals surface area contributed by atoms with Crippen LogP contribution in [0, 0.1) is 0 Å². The maximum atomic E-state index is 13.6. The standard InChI is InChI=1S/C17H20F5N5O4/c18-13(19)7-24-16(30)26-11(6-23)15(29)25-9-1-2-12(10(5-9)17(20,21)22)27-3-4-31-8-14(27)28/h1-2,5,11,13H,3-4,6-8,23H2,(H,25,29)(H2,24,26,30)/t11-/m1/s1. The fraction of sp³-hybridized carbons (Fsp3) is 0.471. The summed E-state index contributed by atoms with van der Waals surface area (Å²) in [4.78, 5) is 36.7. The van der Waals surface area contributed by atoms with Gasteiger partial charge in [-0.2, -0.15) is 13.2 Å². The Bertz CT molecular complexity index is 821. The number of amides is 4. The quantitative estimate of drug-likeness (QED) is 0.457. The second kappa shape index (κ2) is 10.3. The molecule has 1 aliphatic rings. The highest BCUT2D eigenvalue weighted by Crippen LogP contribution is 2.38. The third kappa shape index (κ3) is 6.75. The van der Waals surface area contributed by atoms with Gasteiger partial charge in [0.15, 0.2) is 0 Å². The van der Waals surface area contributed by atoms with E-state index in [0.717, 1.165) is 17.0 Å². The second-order valence-electron chi connectivity index (χ2n) is 6.35. The van der Waals surface area contributed by atoms with Crippen molar-refractivity contribution in [2.45, 2.75) is 18.6 Å². The summed E-state index contributed by atoms with van der Waals surface area (Å²) < 4.78 is 69.8. The Balaban J connectivity index is 2.17. The summed E-state index contributed by atoms with van der Waals surface area (Å²) in [6, 6.07) is 0.327. The molecule has 0 radical (unpaired) electrons. The molecule has 5 N–H and O–H groups in total. The summed E-state index contributed by atoms with van der Waals surface area (Å²) in [6.45, 7) is -1.76. The minimum Gasteiger partial charge on any atom is -0.370 e. The minimum absolute atomic E-state index is 0.0684. The zero-order chi connectivity index (χ0) is 23.2. The molecular formula is C17H20F5N5O4. The molecule has 4 amide bonds. The predicted molar refractivity (Wildman–Crippen MR) is 98.6 cm³/mol. The van der Waals surface area contributed by atoms with Crippen molar-refractivity contribution in [3.63, 3.8) is 0 Å². The van der Waals surface area contributed by atoms with Gasteiger partial charge >= 0.3 is 12.2 Å². The van der Waals surface area contributed by atoms with Crippen molar-refractivity contribution in [1.82, 2.24) is 10.6 Å². The number of carbonyl (C=O) groups is 3. The van der Waals surface area contributed by atoms with Gasteiger partial charge in [0.25, 0.3) is 12.3 Å². The van der Waals surface area contributed by atoms with Crippen LogP contribution in [-0.2, 0) is 20.5 Å². The van der Waals surface area contributed by atoms with E-state index in [2.05, 4.69) is 5.32 Å². The van der Waals surface area contributed by atoms with E-state index in [0.29, 0.717) is 6.07 Å². The molecule has 0 saturated carbocycles. The number of nitrogens with zero attached hydrogens (tertiary/aromatic N) is 1. The first-order chi connectivity index (χ1) is 14.5. The number of nitrogens with one attached hydrogen (secondary N) is 3. The Morgan fingerprint density at radius 3 is 2.55 bits per heavy atom. The van der Waals surface area contributed by atoms with Crippen LogP contribution >= 0.6 is 0 Å². The van der Waals surface area contributed by atoms with Crippen molar-refractivity contribution >= 4 is 29.2 Å². The Labute approximate surface area is 173 Å². The van der Waals surface area contributed by atoms with Crippen LogP contribution in [0.25, 0.3) is 0 Å². The Hall–Kier alpha value is -3.00. The van der Waals surface area contributed by atoms with Crippen molar-refractivity contribution in [1.29, 1.82) is 0 Å². The molecule has 0 spiro atoms. The van der Waals surface area contributed by atoms with Crippen LogP contribution in [0.15, 0.2) is 18.2 Å². The van der Waals surface area contributed by atoms with Gasteiger partial charge in [0.2, 0.25) is 5.91 Å². The van der Waals surface area contributed by atoms with Gasteiger partial charge in [-0.25, -0.2) is 13.6 Å². The molecule has 2 rings (SSSR count). The molecule has 1 saturated heterocycles. The molecular weight excluding hydrogens is 433 g/mol. The molecule has 1 fully saturated rings. The molecule has 1 aliphatic heterocycles. The molecule has 1 heterocycles. The molecule has 1 aromatic carbocycles. The Morgan fingerprint density at radius 1 is 1.26 bits per heavy atom. The van der Waals surface area contributed by atoms with Crippen LogP contribution in [0.1, 0.15) is 5.56 Å². The SMILES string of the molecule is NC[C@@H](NC(=O)NCC(F)F)C(=O)Nc1ccc(N2CCOCC2=O)c(C(F)(F)F)c1. The lowest BCUT2D eigenvalue weighted by Gasteiger charge is -2.29. The lowest BCUT2D eigenvalue weighted by Crippen LogP contribution is -2.52. The van der Waals surface area contributed by atoms with E-state index in [4.69, 9.17) is 10.5 Å². The van der Waals surface area contributed by atoms with Gasteiger partial charge in [-0.3, -0.25) is 9.59 Å². The van der Waals surface area contributed by atoms with E-state index in [9.17, 15) is 36.3 Å². The Kier molecular flexibility index (Phi) is 8.10. The fourth-order valence-corrected chi connectivity index (χ4v) is 2.69. The molecule has 1 atom stereocenters. The van der Waals surface area contributed by atoms with E-state index < -0.39 is 60.8 Å². The largest absolute Gasteiger partial charge is 0.418 e. The predicted octanol–water partition coefficient (Wildman–Crippen LogP) is 0.899. The number of urea groups is 1. The monoisotopic (exact) mass is 453 g/mol. The highest BCUT2D eigenvalue weighted by Gasteiger charge is 2.37. The van der Waals surface area contributed by atoms with Crippen molar-refractivity contribution < 1.29 is 41.1 Å². The Morgan fingerprint density at radius 2 is 1.97 bits per heavy atom. The van der Waals surface area contributed by atoms with E-state index in [1.54, 1.807) is 0 Å². The summed E-state index contributed by atoms with van der Waals surface area (Å²) in [7, 11) is 0. The first-order valence-electron chi connectivity index (χ1n) is 8.95. The third-order valence-electron chi connectivity index (χ3n) is 4.12. The average Bonchev–Trinajstić information content (AvgIpc) is 2.70.